The second-order valence-electron chi connectivity index (χ2n) is 23.0. The number of rotatable bonds is 1. The van der Waals surface area contributed by atoms with E-state index in [4.69, 9.17) is 0 Å². The van der Waals surface area contributed by atoms with Gasteiger partial charge in [-0.3, -0.25) is 0 Å². The highest BCUT2D eigenvalue weighted by atomic mass is 14.6. The molecule has 0 heterocycles. The van der Waals surface area contributed by atoms with Crippen molar-refractivity contribution in [1.82, 2.24) is 0 Å². The fourth-order valence-corrected chi connectivity index (χ4v) is 19.2. The Morgan fingerprint density at radius 3 is 1.25 bits per heavy atom. The molecule has 11 aliphatic rings. The minimum absolute atomic E-state index is 1.03. The van der Waals surface area contributed by atoms with Crippen molar-refractivity contribution in [3.8, 4) is 0 Å². The molecule has 0 heteroatoms. The second kappa shape index (κ2) is 15.5. The lowest BCUT2D eigenvalue weighted by molar-refractivity contribution is -0.0247. The number of hydrogen-bond donors (Lipinski definition) is 0. The fourth-order valence-electron chi connectivity index (χ4n) is 19.2. The van der Waals surface area contributed by atoms with E-state index in [0.29, 0.717) is 0 Å². The van der Waals surface area contributed by atoms with Gasteiger partial charge >= 0.3 is 0 Å². The zero-order chi connectivity index (χ0) is 33.9. The molecule has 51 heavy (non-hydrogen) atoms. The molecular formula is C51H84. The summed E-state index contributed by atoms with van der Waals surface area (Å²) < 4.78 is 0. The molecule has 11 rings (SSSR count). The molecule has 0 saturated heterocycles. The Bertz CT molecular complexity index is 1140. The Kier molecular flexibility index (Phi) is 10.8. The topological polar surface area (TPSA) is 0 Å². The van der Waals surface area contributed by atoms with Gasteiger partial charge < -0.3 is 0 Å². The van der Waals surface area contributed by atoms with Gasteiger partial charge in [0.15, 0.2) is 0 Å². The molecule has 0 N–H and O–H groups in total. The van der Waals surface area contributed by atoms with Crippen molar-refractivity contribution in [2.24, 2.45) is 112 Å². The van der Waals surface area contributed by atoms with Crippen LogP contribution in [-0.2, 0) is 0 Å². The largest absolute Gasteiger partial charge is 0.0651 e. The van der Waals surface area contributed by atoms with E-state index in [2.05, 4.69) is 6.92 Å². The van der Waals surface area contributed by atoms with Gasteiger partial charge in [-0.2, -0.15) is 0 Å². The molecule has 0 aliphatic heterocycles. The van der Waals surface area contributed by atoms with Gasteiger partial charge in [0, 0.05) is 0 Å². The highest BCUT2D eigenvalue weighted by Gasteiger charge is 2.58. The molecular weight excluding hydrogens is 613 g/mol. The predicted octanol–water partition coefficient (Wildman–Crippen LogP) is 14.9. The van der Waals surface area contributed by atoms with Crippen LogP contribution in [0.25, 0.3) is 0 Å². The summed E-state index contributed by atoms with van der Waals surface area (Å²) in [5, 5.41) is 0. The third-order valence-electron chi connectivity index (χ3n) is 21.1. The van der Waals surface area contributed by atoms with Crippen LogP contribution in [0, 0.1) is 112 Å². The summed E-state index contributed by atoms with van der Waals surface area (Å²) in [5.41, 5.74) is 0. The molecule has 11 fully saturated rings. The smallest absolute Gasteiger partial charge is 0.0321 e. The molecule has 0 radical (unpaired) electrons. The molecule has 0 spiro atoms. The van der Waals surface area contributed by atoms with E-state index >= 15 is 0 Å². The van der Waals surface area contributed by atoms with E-state index in [1.54, 1.807) is 193 Å². The minimum Gasteiger partial charge on any atom is -0.0651 e. The summed E-state index contributed by atoms with van der Waals surface area (Å²) in [6, 6.07) is 0. The van der Waals surface area contributed by atoms with E-state index < -0.39 is 0 Å². The number of fused-ring (bicyclic) bond motifs is 10. The highest BCUT2D eigenvalue weighted by Crippen LogP contribution is 2.66. The molecule has 10 bridgehead atoms. The van der Waals surface area contributed by atoms with Gasteiger partial charge in [0.1, 0.15) is 0 Å². The van der Waals surface area contributed by atoms with Crippen LogP contribution in [0.4, 0.5) is 0 Å². The third kappa shape index (κ3) is 6.92. The van der Waals surface area contributed by atoms with Gasteiger partial charge in [0.25, 0.3) is 0 Å². The van der Waals surface area contributed by atoms with Gasteiger partial charge in [0.05, 0.1) is 0 Å². The first-order chi connectivity index (χ1) is 25.2. The van der Waals surface area contributed by atoms with Crippen molar-refractivity contribution < 1.29 is 0 Å². The van der Waals surface area contributed by atoms with E-state index in [1.807, 2.05) is 0 Å². The Hall–Kier alpha value is 0. The van der Waals surface area contributed by atoms with Gasteiger partial charge in [0.2, 0.25) is 0 Å². The fraction of sp³-hybridized carbons (Fsp3) is 1.00. The van der Waals surface area contributed by atoms with Crippen molar-refractivity contribution >= 4 is 0 Å². The number of hydrogen-bond acceptors (Lipinski definition) is 0. The van der Waals surface area contributed by atoms with Crippen molar-refractivity contribution in [3.63, 3.8) is 0 Å². The molecule has 0 aromatic heterocycles. The molecule has 11 saturated carbocycles. The summed E-state index contributed by atoms with van der Waals surface area (Å²) in [6.07, 6.45) is 50.2. The van der Waals surface area contributed by atoms with Crippen LogP contribution >= 0.6 is 0 Å². The SMILES string of the molecule is CCC1CCC2CC3CCC4CCC(C(C4)C4CC(CC1)C1CCCCC14)C1CCCCC1C1C4CCCCC4C4CCC(CCC(C2)C3)CC41. The van der Waals surface area contributed by atoms with Crippen LogP contribution in [0.3, 0.4) is 0 Å². The zero-order valence-electron chi connectivity index (χ0n) is 33.9. The van der Waals surface area contributed by atoms with Crippen LogP contribution in [0.5, 0.6) is 0 Å². The first kappa shape index (κ1) is 35.4. The average Bonchev–Trinajstić information content (AvgIpc) is 3.71. The first-order valence-electron chi connectivity index (χ1n) is 25.2. The second-order valence-corrected chi connectivity index (χ2v) is 23.0. The van der Waals surface area contributed by atoms with Crippen molar-refractivity contribution in [2.45, 2.75) is 206 Å². The Labute approximate surface area is 317 Å². The first-order valence-corrected chi connectivity index (χ1v) is 25.2. The summed E-state index contributed by atoms with van der Waals surface area (Å²) >= 11 is 0. The van der Waals surface area contributed by atoms with Crippen molar-refractivity contribution in [1.29, 1.82) is 0 Å². The molecule has 0 aromatic rings. The van der Waals surface area contributed by atoms with Crippen LogP contribution in [0.2, 0.25) is 0 Å². The Morgan fingerprint density at radius 2 is 0.667 bits per heavy atom. The van der Waals surface area contributed by atoms with Crippen LogP contribution in [0.15, 0.2) is 0 Å². The zero-order valence-corrected chi connectivity index (χ0v) is 33.9. The van der Waals surface area contributed by atoms with Gasteiger partial charge in [-0.25, -0.2) is 0 Å². The molecule has 19 atom stereocenters. The van der Waals surface area contributed by atoms with E-state index in [-0.39, 0.29) is 0 Å². The molecule has 19 unspecified atom stereocenters. The molecule has 0 amide bonds. The average molecular weight is 697 g/mol. The summed E-state index contributed by atoms with van der Waals surface area (Å²) in [4.78, 5) is 0. The maximum atomic E-state index is 2.57. The molecule has 11 aliphatic carbocycles. The normalized spacial score (nSPS) is 54.6. The lowest BCUT2D eigenvalue weighted by atomic mass is 9.53. The van der Waals surface area contributed by atoms with Crippen LogP contribution in [0.1, 0.15) is 206 Å². The lowest BCUT2D eigenvalue weighted by Crippen LogP contribution is -2.44. The van der Waals surface area contributed by atoms with Crippen LogP contribution in [-0.4, -0.2) is 0 Å². The molecule has 0 nitrogen and oxygen atoms in total. The van der Waals surface area contributed by atoms with Crippen LogP contribution < -0.4 is 0 Å². The van der Waals surface area contributed by atoms with Gasteiger partial charge in [-0.1, -0.05) is 110 Å². The monoisotopic (exact) mass is 697 g/mol. The van der Waals surface area contributed by atoms with Crippen molar-refractivity contribution in [3.05, 3.63) is 0 Å². The van der Waals surface area contributed by atoms with Crippen molar-refractivity contribution in [2.75, 3.05) is 0 Å². The quantitative estimate of drug-likeness (QED) is 0.256. The maximum absolute atomic E-state index is 2.57. The lowest BCUT2D eigenvalue weighted by Gasteiger charge is -2.52. The van der Waals surface area contributed by atoms with E-state index in [1.165, 1.54) is 6.42 Å². The molecule has 0 aromatic carbocycles. The Balaban J connectivity index is 1.04. The summed E-state index contributed by atoms with van der Waals surface area (Å²) in [7, 11) is 0. The predicted molar refractivity (Wildman–Crippen MR) is 215 cm³/mol. The standard InChI is InChI=1S/C51H84/c1-2-33-15-18-36-27-37-19-16-34-22-25-44(48(30-34)49-32-39(24-21-33)40-9-3-4-10-41(40)49)42-11-5-7-13-46(42)51-47-14-8-6-12-43(47)45-26-23-35(31-50(45)51)17-20-38(28-36)29-37/h33-51H,2-32H2,1H3. The summed E-state index contributed by atoms with van der Waals surface area (Å²) in [5.74, 6) is 21.0. The third-order valence-corrected chi connectivity index (χ3v) is 21.1. The molecule has 288 valence electrons. The highest BCUT2D eigenvalue weighted by molar-refractivity contribution is 5.07. The van der Waals surface area contributed by atoms with E-state index in [0.717, 1.165) is 112 Å². The van der Waals surface area contributed by atoms with Gasteiger partial charge in [-0.05, 0) is 209 Å². The summed E-state index contributed by atoms with van der Waals surface area (Å²) in [6.45, 7) is 2.57. The Morgan fingerprint density at radius 1 is 0.275 bits per heavy atom. The minimum atomic E-state index is 1.03. The van der Waals surface area contributed by atoms with Gasteiger partial charge in [-0.15, -0.1) is 0 Å². The maximum Gasteiger partial charge on any atom is -0.0321 e. The van der Waals surface area contributed by atoms with E-state index in [9.17, 15) is 0 Å².